The average Bonchev–Trinajstić information content (AvgIpc) is 2.19. The van der Waals surface area contributed by atoms with E-state index in [4.69, 9.17) is 4.74 Å². The fourth-order valence-corrected chi connectivity index (χ4v) is 1.79. The molecule has 0 aliphatic carbocycles. The van der Waals surface area contributed by atoms with Crippen molar-refractivity contribution in [1.82, 2.24) is 0 Å². The minimum absolute atomic E-state index is 0.0827. The summed E-state index contributed by atoms with van der Waals surface area (Å²) in [6, 6.07) is 8.33. The summed E-state index contributed by atoms with van der Waals surface area (Å²) in [5.74, 6) is 0. The fraction of sp³-hybridized carbons (Fsp3) is 0.500. The molecule has 2 atom stereocenters. The van der Waals surface area contributed by atoms with Gasteiger partial charge in [-0.05, 0) is 18.9 Å². The Morgan fingerprint density at radius 2 is 2.00 bits per heavy atom. The first-order valence-corrected chi connectivity index (χ1v) is 5.12. The van der Waals surface area contributed by atoms with E-state index in [1.54, 1.807) is 0 Å². The number of benzene rings is 1. The Labute approximate surface area is 84.5 Å². The Morgan fingerprint density at radius 1 is 1.29 bits per heavy atom. The van der Waals surface area contributed by atoms with Crippen molar-refractivity contribution in [3.05, 3.63) is 35.4 Å². The number of ether oxygens (including phenoxy) is 1. The Balaban J connectivity index is 2.10. The van der Waals surface area contributed by atoms with E-state index in [0.717, 1.165) is 12.8 Å². The van der Waals surface area contributed by atoms with Gasteiger partial charge in [-0.2, -0.15) is 0 Å². The van der Waals surface area contributed by atoms with Crippen molar-refractivity contribution in [1.29, 1.82) is 0 Å². The summed E-state index contributed by atoms with van der Waals surface area (Å²) in [6.07, 6.45) is 1.38. The lowest BCUT2D eigenvalue weighted by Gasteiger charge is -2.26. The lowest BCUT2D eigenvalue weighted by atomic mass is 9.99. The van der Waals surface area contributed by atoms with Crippen LogP contribution in [-0.2, 0) is 4.74 Å². The van der Waals surface area contributed by atoms with Crippen LogP contribution in [0.3, 0.4) is 0 Å². The zero-order chi connectivity index (χ0) is 9.97. The third kappa shape index (κ3) is 2.14. The fourth-order valence-electron chi connectivity index (χ4n) is 1.79. The van der Waals surface area contributed by atoms with E-state index in [0.29, 0.717) is 6.61 Å². The second-order valence-electron chi connectivity index (χ2n) is 3.95. The highest BCUT2D eigenvalue weighted by atomic mass is 16.5. The number of hydrogen-bond donors (Lipinski definition) is 1. The molecule has 0 amide bonds. The van der Waals surface area contributed by atoms with Crippen LogP contribution in [0.25, 0.3) is 0 Å². The summed E-state index contributed by atoms with van der Waals surface area (Å²) in [6.45, 7) is 2.74. The molecule has 1 aliphatic rings. The van der Waals surface area contributed by atoms with Crippen molar-refractivity contribution in [2.75, 3.05) is 6.61 Å². The maximum absolute atomic E-state index is 9.52. The van der Waals surface area contributed by atoms with Crippen LogP contribution in [0.1, 0.15) is 30.1 Å². The Hall–Kier alpha value is -0.860. The summed E-state index contributed by atoms with van der Waals surface area (Å²) in [4.78, 5) is 0. The van der Waals surface area contributed by atoms with Gasteiger partial charge in [0.05, 0.1) is 12.2 Å². The van der Waals surface area contributed by atoms with E-state index < -0.39 is 0 Å². The summed E-state index contributed by atoms with van der Waals surface area (Å²) < 4.78 is 5.61. The van der Waals surface area contributed by atoms with Gasteiger partial charge < -0.3 is 9.84 Å². The van der Waals surface area contributed by atoms with E-state index >= 15 is 0 Å². The molecule has 1 aromatic carbocycles. The first-order valence-electron chi connectivity index (χ1n) is 5.12. The van der Waals surface area contributed by atoms with Gasteiger partial charge in [0, 0.05) is 13.0 Å². The van der Waals surface area contributed by atoms with Crippen LogP contribution in [0.4, 0.5) is 0 Å². The number of rotatable bonds is 1. The Morgan fingerprint density at radius 3 is 2.64 bits per heavy atom. The van der Waals surface area contributed by atoms with Crippen LogP contribution in [0.5, 0.6) is 0 Å². The molecule has 0 unspecified atom stereocenters. The molecule has 14 heavy (non-hydrogen) atoms. The van der Waals surface area contributed by atoms with Gasteiger partial charge >= 0.3 is 0 Å². The van der Waals surface area contributed by atoms with Gasteiger partial charge in [0.25, 0.3) is 0 Å². The Bertz CT molecular complexity index is 292. The van der Waals surface area contributed by atoms with E-state index in [9.17, 15) is 5.11 Å². The smallest absolute Gasteiger partial charge is 0.0849 e. The van der Waals surface area contributed by atoms with Crippen molar-refractivity contribution in [3.8, 4) is 0 Å². The summed E-state index contributed by atoms with van der Waals surface area (Å²) >= 11 is 0. The van der Waals surface area contributed by atoms with E-state index in [-0.39, 0.29) is 12.2 Å². The molecule has 0 spiro atoms. The Kier molecular flexibility index (Phi) is 2.85. The summed E-state index contributed by atoms with van der Waals surface area (Å²) in [5, 5.41) is 9.52. The molecule has 0 saturated carbocycles. The average molecular weight is 192 g/mol. The zero-order valence-corrected chi connectivity index (χ0v) is 8.44. The second-order valence-corrected chi connectivity index (χ2v) is 3.95. The highest BCUT2D eigenvalue weighted by Gasteiger charge is 2.21. The van der Waals surface area contributed by atoms with Crippen LogP contribution >= 0.6 is 0 Å². The van der Waals surface area contributed by atoms with Crippen LogP contribution in [-0.4, -0.2) is 17.8 Å². The van der Waals surface area contributed by atoms with Gasteiger partial charge in [-0.3, -0.25) is 0 Å². The van der Waals surface area contributed by atoms with E-state index in [2.05, 4.69) is 31.2 Å². The highest BCUT2D eigenvalue weighted by molar-refractivity contribution is 5.23. The van der Waals surface area contributed by atoms with Crippen molar-refractivity contribution in [3.63, 3.8) is 0 Å². The summed E-state index contributed by atoms with van der Waals surface area (Å²) in [5.41, 5.74) is 2.43. The van der Waals surface area contributed by atoms with Gasteiger partial charge in [0.15, 0.2) is 0 Å². The molecular formula is C12H16O2. The molecule has 2 heteroatoms. The molecule has 1 aromatic rings. The normalized spacial score (nSPS) is 27.6. The van der Waals surface area contributed by atoms with Crippen molar-refractivity contribution in [2.45, 2.75) is 32.0 Å². The second kappa shape index (κ2) is 4.11. The maximum Gasteiger partial charge on any atom is 0.0849 e. The first-order chi connectivity index (χ1) is 6.75. The molecule has 0 aromatic heterocycles. The van der Waals surface area contributed by atoms with E-state index in [1.807, 2.05) is 0 Å². The topological polar surface area (TPSA) is 29.5 Å². The number of aliphatic hydroxyl groups excluding tert-OH is 1. The van der Waals surface area contributed by atoms with Gasteiger partial charge in [-0.1, -0.05) is 29.8 Å². The lowest BCUT2D eigenvalue weighted by Crippen LogP contribution is -2.23. The summed E-state index contributed by atoms with van der Waals surface area (Å²) in [7, 11) is 0. The van der Waals surface area contributed by atoms with Crippen LogP contribution in [0.2, 0.25) is 0 Å². The minimum Gasteiger partial charge on any atom is -0.393 e. The van der Waals surface area contributed by atoms with Gasteiger partial charge in [0.2, 0.25) is 0 Å². The first kappa shape index (κ1) is 9.69. The predicted molar refractivity (Wildman–Crippen MR) is 55.1 cm³/mol. The molecule has 1 fully saturated rings. The quantitative estimate of drug-likeness (QED) is 0.739. The third-order valence-electron chi connectivity index (χ3n) is 2.71. The van der Waals surface area contributed by atoms with Gasteiger partial charge in [0.1, 0.15) is 0 Å². The zero-order valence-electron chi connectivity index (χ0n) is 8.44. The van der Waals surface area contributed by atoms with E-state index in [1.165, 1.54) is 11.1 Å². The monoisotopic (exact) mass is 192 g/mol. The number of aryl methyl sites for hydroxylation is 1. The molecule has 1 aliphatic heterocycles. The standard InChI is InChI=1S/C12H16O2/c1-9-2-4-10(5-3-9)12-8-11(13)6-7-14-12/h2-5,11-13H,6-8H2,1H3/t11-,12+/m0/s1. The van der Waals surface area contributed by atoms with Crippen LogP contribution in [0, 0.1) is 6.92 Å². The molecule has 0 bridgehead atoms. The molecule has 2 rings (SSSR count). The molecule has 1 N–H and O–H groups in total. The van der Waals surface area contributed by atoms with Crippen LogP contribution < -0.4 is 0 Å². The molecule has 2 nitrogen and oxygen atoms in total. The lowest BCUT2D eigenvalue weighted by molar-refractivity contribution is -0.0447. The molecule has 76 valence electrons. The molecule has 1 saturated heterocycles. The van der Waals surface area contributed by atoms with Crippen LogP contribution in [0.15, 0.2) is 24.3 Å². The van der Waals surface area contributed by atoms with Crippen molar-refractivity contribution < 1.29 is 9.84 Å². The molecule has 0 radical (unpaired) electrons. The minimum atomic E-state index is -0.199. The number of hydrogen-bond acceptors (Lipinski definition) is 2. The van der Waals surface area contributed by atoms with Gasteiger partial charge in [-0.25, -0.2) is 0 Å². The highest BCUT2D eigenvalue weighted by Crippen LogP contribution is 2.27. The van der Waals surface area contributed by atoms with Gasteiger partial charge in [-0.15, -0.1) is 0 Å². The molecule has 1 heterocycles. The largest absolute Gasteiger partial charge is 0.393 e. The maximum atomic E-state index is 9.52. The third-order valence-corrected chi connectivity index (χ3v) is 2.71. The van der Waals surface area contributed by atoms with Crippen molar-refractivity contribution >= 4 is 0 Å². The SMILES string of the molecule is Cc1ccc([C@H]2C[C@@H](O)CCO2)cc1. The predicted octanol–water partition coefficient (Wildman–Crippen LogP) is 2.21. The molecular weight excluding hydrogens is 176 g/mol. The number of aliphatic hydroxyl groups is 1. The van der Waals surface area contributed by atoms with Crippen molar-refractivity contribution in [2.24, 2.45) is 0 Å².